The van der Waals surface area contributed by atoms with E-state index in [9.17, 15) is 13.6 Å². The Bertz CT molecular complexity index is 383. The number of pyridine rings is 1. The van der Waals surface area contributed by atoms with Gasteiger partial charge in [0.2, 0.25) is 0 Å². The van der Waals surface area contributed by atoms with Gasteiger partial charge < -0.3 is 10.2 Å². The number of carboxylic acid groups (broad SMARTS) is 1. The van der Waals surface area contributed by atoms with Crippen molar-refractivity contribution in [2.75, 3.05) is 0 Å². The number of aromatic nitrogens is 1. The number of nitrogens with zero attached hydrogens (tertiary/aromatic N) is 1. The maximum absolute atomic E-state index is 12.4. The summed E-state index contributed by atoms with van der Waals surface area (Å²) in [6, 6.07) is 0. The first-order chi connectivity index (χ1) is 6.45. The molecule has 1 heterocycles. The van der Waals surface area contributed by atoms with Crippen LogP contribution in [0.15, 0.2) is 10.8 Å². The molecule has 0 amide bonds. The second kappa shape index (κ2) is 3.87. The zero-order valence-corrected chi connectivity index (χ0v) is 8.12. The molecule has 0 saturated heterocycles. The van der Waals surface area contributed by atoms with Crippen LogP contribution in [0.25, 0.3) is 0 Å². The fraction of sp³-hybridized carbons (Fsp3) is 0.143. The number of aromatic carboxylic acids is 1. The smallest absolute Gasteiger partial charge is 0.337 e. The Morgan fingerprint density at radius 2 is 2.14 bits per heavy atom. The molecule has 4 nitrogen and oxygen atoms in total. The minimum Gasteiger partial charge on any atom is -0.505 e. The monoisotopic (exact) mass is 267 g/mol. The van der Waals surface area contributed by atoms with Crippen LogP contribution >= 0.6 is 15.9 Å². The normalized spacial score (nSPS) is 10.6. The predicted octanol–water partition coefficient (Wildman–Crippen LogP) is 2.19. The average Bonchev–Trinajstić information content (AvgIpc) is 2.08. The summed E-state index contributed by atoms with van der Waals surface area (Å²) < 4.78 is 24.5. The molecule has 0 aromatic carbocycles. The van der Waals surface area contributed by atoms with Crippen LogP contribution in [0, 0.1) is 0 Å². The molecule has 0 saturated carbocycles. The Morgan fingerprint density at radius 1 is 1.57 bits per heavy atom. The maximum Gasteiger partial charge on any atom is 0.337 e. The fourth-order valence-electron chi connectivity index (χ4n) is 0.882. The average molecular weight is 268 g/mol. The van der Waals surface area contributed by atoms with Gasteiger partial charge in [0.05, 0.1) is 11.1 Å². The van der Waals surface area contributed by atoms with E-state index >= 15 is 0 Å². The summed E-state index contributed by atoms with van der Waals surface area (Å²) in [6.07, 6.45) is -2.31. The molecule has 0 aliphatic carbocycles. The SMILES string of the molecule is O=C(O)c1cnc(Br)c(O)c1C(F)F. The summed E-state index contributed by atoms with van der Waals surface area (Å²) in [6.45, 7) is 0. The van der Waals surface area contributed by atoms with E-state index in [0.29, 0.717) is 0 Å². The van der Waals surface area contributed by atoms with Crippen LogP contribution in [-0.2, 0) is 0 Å². The summed E-state index contributed by atoms with van der Waals surface area (Å²) >= 11 is 2.71. The van der Waals surface area contributed by atoms with Crippen molar-refractivity contribution in [2.24, 2.45) is 0 Å². The summed E-state index contributed by atoms with van der Waals surface area (Å²) in [7, 11) is 0. The van der Waals surface area contributed by atoms with E-state index in [1.54, 1.807) is 0 Å². The molecule has 14 heavy (non-hydrogen) atoms. The predicted molar refractivity (Wildman–Crippen MR) is 45.5 cm³/mol. The van der Waals surface area contributed by atoms with E-state index < -0.39 is 29.3 Å². The van der Waals surface area contributed by atoms with E-state index in [1.165, 1.54) is 0 Å². The molecule has 0 spiro atoms. The van der Waals surface area contributed by atoms with E-state index in [2.05, 4.69) is 20.9 Å². The quantitative estimate of drug-likeness (QED) is 0.806. The van der Waals surface area contributed by atoms with Gasteiger partial charge in [0.25, 0.3) is 6.43 Å². The highest BCUT2D eigenvalue weighted by atomic mass is 79.9. The molecule has 0 radical (unpaired) electrons. The molecule has 0 unspecified atom stereocenters. The molecule has 0 aliphatic heterocycles. The van der Waals surface area contributed by atoms with Crippen molar-refractivity contribution in [3.8, 4) is 5.75 Å². The summed E-state index contributed by atoms with van der Waals surface area (Å²) in [4.78, 5) is 13.9. The number of halogens is 3. The van der Waals surface area contributed by atoms with E-state index in [-0.39, 0.29) is 4.60 Å². The van der Waals surface area contributed by atoms with Gasteiger partial charge >= 0.3 is 5.97 Å². The lowest BCUT2D eigenvalue weighted by Crippen LogP contribution is -2.04. The number of aromatic hydroxyl groups is 1. The Labute approximate surface area is 85.3 Å². The van der Waals surface area contributed by atoms with Crippen LogP contribution < -0.4 is 0 Å². The topological polar surface area (TPSA) is 70.4 Å². The molecule has 0 bridgehead atoms. The number of hydrogen-bond acceptors (Lipinski definition) is 3. The van der Waals surface area contributed by atoms with E-state index in [0.717, 1.165) is 6.20 Å². The first-order valence-corrected chi connectivity index (χ1v) is 4.13. The van der Waals surface area contributed by atoms with Crippen LogP contribution in [0.4, 0.5) is 8.78 Å². The molecule has 2 N–H and O–H groups in total. The lowest BCUT2D eigenvalue weighted by molar-refractivity contribution is 0.0682. The first kappa shape index (κ1) is 10.8. The molecule has 1 aromatic rings. The van der Waals surface area contributed by atoms with Gasteiger partial charge in [-0.3, -0.25) is 0 Å². The van der Waals surface area contributed by atoms with Gasteiger partial charge in [0.1, 0.15) is 4.60 Å². The number of rotatable bonds is 2. The van der Waals surface area contributed by atoms with Crippen molar-refractivity contribution in [1.29, 1.82) is 0 Å². The van der Waals surface area contributed by atoms with Gasteiger partial charge in [-0.15, -0.1) is 0 Å². The van der Waals surface area contributed by atoms with Gasteiger partial charge in [0, 0.05) is 6.20 Å². The highest BCUT2D eigenvalue weighted by Crippen LogP contribution is 2.35. The summed E-state index contributed by atoms with van der Waals surface area (Å²) in [5.74, 6) is -2.41. The zero-order chi connectivity index (χ0) is 10.9. The van der Waals surface area contributed by atoms with Gasteiger partial charge in [-0.2, -0.15) is 0 Å². The highest BCUT2D eigenvalue weighted by Gasteiger charge is 2.24. The van der Waals surface area contributed by atoms with Crippen LogP contribution in [0.3, 0.4) is 0 Å². The Kier molecular flexibility index (Phi) is 3.00. The summed E-state index contributed by atoms with van der Waals surface area (Å²) in [5, 5.41) is 17.7. The minimum absolute atomic E-state index is 0.210. The molecule has 1 aromatic heterocycles. The molecule has 7 heteroatoms. The number of carbonyl (C=O) groups is 1. The lowest BCUT2D eigenvalue weighted by Gasteiger charge is -2.07. The van der Waals surface area contributed by atoms with Gasteiger partial charge in [-0.25, -0.2) is 18.6 Å². The van der Waals surface area contributed by atoms with Crippen molar-refractivity contribution in [3.05, 3.63) is 21.9 Å². The van der Waals surface area contributed by atoms with Gasteiger partial charge in [-0.05, 0) is 15.9 Å². The van der Waals surface area contributed by atoms with Gasteiger partial charge in [-0.1, -0.05) is 0 Å². The second-order valence-corrected chi connectivity index (χ2v) is 3.08. The molecular weight excluding hydrogens is 264 g/mol. The largest absolute Gasteiger partial charge is 0.505 e. The van der Waals surface area contributed by atoms with Crippen molar-refractivity contribution in [2.45, 2.75) is 6.43 Å². The third kappa shape index (κ3) is 1.82. The Hall–Kier alpha value is -1.24. The molecule has 0 atom stereocenters. The van der Waals surface area contributed by atoms with E-state index in [4.69, 9.17) is 10.2 Å². The van der Waals surface area contributed by atoms with Crippen molar-refractivity contribution < 1.29 is 23.8 Å². The van der Waals surface area contributed by atoms with Crippen LogP contribution in [0.5, 0.6) is 5.75 Å². The van der Waals surface area contributed by atoms with Crippen molar-refractivity contribution >= 4 is 21.9 Å². The standard InChI is InChI=1S/C7H4BrF2NO3/c8-5-4(12)3(6(9)10)2(1-11-5)7(13)14/h1,6,12H,(H,13,14). The third-order valence-electron chi connectivity index (χ3n) is 1.50. The minimum atomic E-state index is -3.07. The summed E-state index contributed by atoms with van der Waals surface area (Å²) in [5.41, 5.74) is -1.64. The number of carboxylic acids is 1. The molecule has 0 aliphatic rings. The maximum atomic E-state index is 12.4. The van der Waals surface area contributed by atoms with Gasteiger partial charge in [0.15, 0.2) is 5.75 Å². The van der Waals surface area contributed by atoms with Crippen LogP contribution in [0.2, 0.25) is 0 Å². The first-order valence-electron chi connectivity index (χ1n) is 3.34. The van der Waals surface area contributed by atoms with Crippen molar-refractivity contribution in [3.63, 3.8) is 0 Å². The second-order valence-electron chi connectivity index (χ2n) is 2.33. The molecule has 0 fully saturated rings. The molecule has 76 valence electrons. The van der Waals surface area contributed by atoms with Crippen LogP contribution in [0.1, 0.15) is 22.3 Å². The molecule has 1 rings (SSSR count). The fourth-order valence-corrected chi connectivity index (χ4v) is 1.20. The lowest BCUT2D eigenvalue weighted by atomic mass is 10.1. The van der Waals surface area contributed by atoms with Crippen molar-refractivity contribution in [1.82, 2.24) is 4.98 Å². The molecular formula is C7H4BrF2NO3. The number of hydrogen-bond donors (Lipinski definition) is 2. The van der Waals surface area contributed by atoms with E-state index in [1.807, 2.05) is 0 Å². The van der Waals surface area contributed by atoms with Crippen LogP contribution in [-0.4, -0.2) is 21.2 Å². The third-order valence-corrected chi connectivity index (χ3v) is 2.08. The zero-order valence-electron chi connectivity index (χ0n) is 6.54. The highest BCUT2D eigenvalue weighted by molar-refractivity contribution is 9.10. The Balaban J connectivity index is 3.45. The number of alkyl halides is 2. The Morgan fingerprint density at radius 3 is 2.57 bits per heavy atom.